The molecule has 4 rings (SSSR count). The van der Waals surface area contributed by atoms with E-state index in [1.165, 1.54) is 18.2 Å². The topological polar surface area (TPSA) is 66.0 Å². The van der Waals surface area contributed by atoms with Crippen LogP contribution in [0.5, 0.6) is 17.2 Å². The number of methoxy groups -OCH3 is 2. The van der Waals surface area contributed by atoms with Gasteiger partial charge >= 0.3 is 5.97 Å². The van der Waals surface area contributed by atoms with E-state index < -0.39 is 6.29 Å². The zero-order chi connectivity index (χ0) is 18.8. The predicted molar refractivity (Wildman–Crippen MR) is 99.3 cm³/mol. The standard InChI is InChI=1S/C21H23NO5/c1-24-15-4-5-16-14(11-15)7-8-22-17(16)9-13-3-6-18-19(10-13)27-21(26-18)12-20(23)25-2/h3-6,10-11,17,21-22H,7-9,12H2,1-2H3. The Kier molecular flexibility index (Phi) is 4.90. The summed E-state index contributed by atoms with van der Waals surface area (Å²) in [4.78, 5) is 11.4. The SMILES string of the molecule is COC(=O)CC1Oc2ccc(CC3NCCc4cc(OC)ccc43)cc2O1. The van der Waals surface area contributed by atoms with Crippen LogP contribution >= 0.6 is 0 Å². The van der Waals surface area contributed by atoms with Crippen LogP contribution in [0.3, 0.4) is 0 Å². The summed E-state index contributed by atoms with van der Waals surface area (Å²) >= 11 is 0. The molecule has 1 N–H and O–H groups in total. The summed E-state index contributed by atoms with van der Waals surface area (Å²) in [6.45, 7) is 0.941. The Balaban J connectivity index is 1.48. The van der Waals surface area contributed by atoms with E-state index in [9.17, 15) is 4.79 Å². The zero-order valence-electron chi connectivity index (χ0n) is 15.5. The summed E-state index contributed by atoms with van der Waals surface area (Å²) in [5.74, 6) is 1.88. The smallest absolute Gasteiger partial charge is 0.313 e. The average Bonchev–Trinajstić information content (AvgIpc) is 3.09. The number of esters is 1. The largest absolute Gasteiger partial charge is 0.497 e. The number of rotatable bonds is 5. The lowest BCUT2D eigenvalue weighted by Crippen LogP contribution is -2.31. The molecule has 2 aliphatic heterocycles. The highest BCUT2D eigenvalue weighted by molar-refractivity contribution is 5.69. The molecule has 2 aromatic carbocycles. The van der Waals surface area contributed by atoms with E-state index in [-0.39, 0.29) is 18.4 Å². The second-order valence-corrected chi connectivity index (χ2v) is 6.75. The Morgan fingerprint density at radius 2 is 2.00 bits per heavy atom. The number of ether oxygens (including phenoxy) is 4. The molecule has 0 aliphatic carbocycles. The molecule has 0 spiro atoms. The molecule has 0 saturated carbocycles. The van der Waals surface area contributed by atoms with Gasteiger partial charge in [0.25, 0.3) is 6.29 Å². The zero-order valence-corrected chi connectivity index (χ0v) is 15.5. The molecule has 6 nitrogen and oxygen atoms in total. The highest BCUT2D eigenvalue weighted by Crippen LogP contribution is 2.37. The maximum absolute atomic E-state index is 11.4. The molecule has 6 heteroatoms. The van der Waals surface area contributed by atoms with E-state index >= 15 is 0 Å². The van der Waals surface area contributed by atoms with E-state index in [2.05, 4.69) is 22.2 Å². The number of nitrogens with one attached hydrogen (secondary N) is 1. The fourth-order valence-corrected chi connectivity index (χ4v) is 3.65. The maximum Gasteiger partial charge on any atom is 0.313 e. The first-order chi connectivity index (χ1) is 13.2. The summed E-state index contributed by atoms with van der Waals surface area (Å²) in [6, 6.07) is 12.5. The van der Waals surface area contributed by atoms with Crippen molar-refractivity contribution < 1.29 is 23.7 Å². The van der Waals surface area contributed by atoms with Crippen LogP contribution < -0.4 is 19.5 Å². The van der Waals surface area contributed by atoms with Gasteiger partial charge in [-0.1, -0.05) is 12.1 Å². The monoisotopic (exact) mass is 369 g/mol. The van der Waals surface area contributed by atoms with Gasteiger partial charge in [0.2, 0.25) is 0 Å². The van der Waals surface area contributed by atoms with E-state index in [4.69, 9.17) is 14.2 Å². The summed E-state index contributed by atoms with van der Waals surface area (Å²) in [5, 5.41) is 3.60. The van der Waals surface area contributed by atoms with Gasteiger partial charge in [-0.2, -0.15) is 0 Å². The molecule has 0 amide bonds. The van der Waals surface area contributed by atoms with Crippen LogP contribution in [0.2, 0.25) is 0 Å². The van der Waals surface area contributed by atoms with Crippen LogP contribution in [0, 0.1) is 0 Å². The third-order valence-corrected chi connectivity index (χ3v) is 5.04. The van der Waals surface area contributed by atoms with Crippen molar-refractivity contribution in [2.75, 3.05) is 20.8 Å². The quantitative estimate of drug-likeness (QED) is 0.818. The average molecular weight is 369 g/mol. The second kappa shape index (κ2) is 7.48. The Hall–Kier alpha value is -2.73. The van der Waals surface area contributed by atoms with E-state index in [1.807, 2.05) is 24.3 Å². The molecule has 0 radical (unpaired) electrons. The van der Waals surface area contributed by atoms with Gasteiger partial charge in [0.15, 0.2) is 11.5 Å². The van der Waals surface area contributed by atoms with Crippen molar-refractivity contribution in [1.82, 2.24) is 5.32 Å². The van der Waals surface area contributed by atoms with Gasteiger partial charge in [0.1, 0.15) is 12.2 Å². The fraction of sp³-hybridized carbons (Fsp3) is 0.381. The van der Waals surface area contributed by atoms with Gasteiger partial charge in [0, 0.05) is 6.04 Å². The number of hydrogen-bond acceptors (Lipinski definition) is 6. The molecule has 2 aliphatic rings. The first-order valence-electron chi connectivity index (χ1n) is 9.09. The second-order valence-electron chi connectivity index (χ2n) is 6.75. The highest BCUT2D eigenvalue weighted by atomic mass is 16.7. The van der Waals surface area contributed by atoms with Crippen molar-refractivity contribution in [2.24, 2.45) is 0 Å². The van der Waals surface area contributed by atoms with Crippen molar-refractivity contribution in [3.8, 4) is 17.2 Å². The van der Waals surface area contributed by atoms with Gasteiger partial charge in [-0.3, -0.25) is 4.79 Å². The Morgan fingerprint density at radius 3 is 2.81 bits per heavy atom. The highest BCUT2D eigenvalue weighted by Gasteiger charge is 2.28. The van der Waals surface area contributed by atoms with E-state index in [1.54, 1.807) is 7.11 Å². The Bertz CT molecular complexity index is 850. The molecule has 0 bridgehead atoms. The van der Waals surface area contributed by atoms with Gasteiger partial charge in [0.05, 0.1) is 14.2 Å². The van der Waals surface area contributed by atoms with Crippen molar-refractivity contribution in [3.63, 3.8) is 0 Å². The molecule has 2 aromatic rings. The Morgan fingerprint density at radius 1 is 1.15 bits per heavy atom. The number of fused-ring (bicyclic) bond motifs is 2. The first kappa shape index (κ1) is 17.7. The normalized spacial score (nSPS) is 20.1. The lowest BCUT2D eigenvalue weighted by Gasteiger charge is -2.27. The van der Waals surface area contributed by atoms with Gasteiger partial charge in [-0.05, 0) is 60.3 Å². The van der Waals surface area contributed by atoms with E-state index in [0.717, 1.165) is 30.7 Å². The number of hydrogen-bond donors (Lipinski definition) is 1. The third kappa shape index (κ3) is 3.71. The van der Waals surface area contributed by atoms with Crippen molar-refractivity contribution in [2.45, 2.75) is 31.6 Å². The minimum atomic E-state index is -0.622. The van der Waals surface area contributed by atoms with Gasteiger partial charge < -0.3 is 24.3 Å². The molecule has 142 valence electrons. The third-order valence-electron chi connectivity index (χ3n) is 5.04. The summed E-state index contributed by atoms with van der Waals surface area (Å²) in [6.07, 6.45) is 1.29. The Labute approximate surface area is 158 Å². The molecular weight excluding hydrogens is 346 g/mol. The maximum atomic E-state index is 11.4. The van der Waals surface area contributed by atoms with Crippen LogP contribution in [-0.2, 0) is 22.4 Å². The molecule has 27 heavy (non-hydrogen) atoms. The predicted octanol–water partition coefficient (Wildman–Crippen LogP) is 2.79. The van der Waals surface area contributed by atoms with Gasteiger partial charge in [-0.15, -0.1) is 0 Å². The minimum Gasteiger partial charge on any atom is -0.497 e. The number of benzene rings is 2. The van der Waals surface area contributed by atoms with E-state index in [0.29, 0.717) is 11.5 Å². The molecule has 2 heterocycles. The first-order valence-corrected chi connectivity index (χ1v) is 9.09. The van der Waals surface area contributed by atoms with Crippen LogP contribution in [0.1, 0.15) is 29.2 Å². The molecule has 2 unspecified atom stereocenters. The van der Waals surface area contributed by atoms with Gasteiger partial charge in [-0.25, -0.2) is 0 Å². The fourth-order valence-electron chi connectivity index (χ4n) is 3.65. The van der Waals surface area contributed by atoms with Crippen LogP contribution in [0.25, 0.3) is 0 Å². The summed E-state index contributed by atoms with van der Waals surface area (Å²) in [5.41, 5.74) is 3.79. The van der Waals surface area contributed by atoms with Crippen molar-refractivity contribution in [1.29, 1.82) is 0 Å². The molecule has 0 fully saturated rings. The number of carbonyl (C=O) groups excluding carboxylic acids is 1. The van der Waals surface area contributed by atoms with Crippen LogP contribution in [0.4, 0.5) is 0 Å². The van der Waals surface area contributed by atoms with Crippen molar-refractivity contribution >= 4 is 5.97 Å². The van der Waals surface area contributed by atoms with Crippen LogP contribution in [0.15, 0.2) is 36.4 Å². The minimum absolute atomic E-state index is 0.0693. The van der Waals surface area contributed by atoms with Crippen LogP contribution in [-0.4, -0.2) is 33.0 Å². The molecular formula is C21H23NO5. The van der Waals surface area contributed by atoms with Crippen molar-refractivity contribution in [3.05, 3.63) is 53.1 Å². The lowest BCUT2D eigenvalue weighted by molar-refractivity contribution is -0.145. The summed E-state index contributed by atoms with van der Waals surface area (Å²) in [7, 11) is 3.05. The molecule has 2 atom stereocenters. The molecule has 0 aromatic heterocycles. The number of carbonyl (C=O) groups is 1. The lowest BCUT2D eigenvalue weighted by atomic mass is 9.90. The summed E-state index contributed by atoms with van der Waals surface area (Å²) < 4.78 is 21.4. The molecule has 0 saturated heterocycles.